The van der Waals surface area contributed by atoms with Crippen LogP contribution in [0.1, 0.15) is 19.4 Å². The second-order valence-corrected chi connectivity index (χ2v) is 4.46. The third-order valence-electron chi connectivity index (χ3n) is 3.30. The summed E-state index contributed by atoms with van der Waals surface area (Å²) in [5.41, 5.74) is -1.14. The number of nitrogens with one attached hydrogen (secondary N) is 1. The van der Waals surface area contributed by atoms with Crippen LogP contribution >= 0.6 is 0 Å². The van der Waals surface area contributed by atoms with Gasteiger partial charge in [0, 0.05) is 5.56 Å². The first kappa shape index (κ1) is 14.0. The van der Waals surface area contributed by atoms with E-state index in [0.717, 1.165) is 0 Å². The minimum Gasteiger partial charge on any atom is -0.464 e. The van der Waals surface area contributed by atoms with E-state index in [2.05, 4.69) is 5.32 Å². The highest BCUT2D eigenvalue weighted by Gasteiger charge is 2.52. The Bertz CT molecular complexity index is 556. The van der Waals surface area contributed by atoms with Crippen molar-refractivity contribution < 1.29 is 23.9 Å². The lowest BCUT2D eigenvalue weighted by Gasteiger charge is -2.38. The van der Waals surface area contributed by atoms with Gasteiger partial charge < -0.3 is 19.6 Å². The molecule has 1 N–H and O–H groups in total. The molecule has 1 aliphatic heterocycles. The van der Waals surface area contributed by atoms with Gasteiger partial charge in [0.15, 0.2) is 5.54 Å². The quantitative estimate of drug-likeness (QED) is 0.664. The molecule has 0 unspecified atom stereocenters. The van der Waals surface area contributed by atoms with Crippen LogP contribution in [0.5, 0.6) is 5.75 Å². The molecule has 0 bridgehead atoms. The number of amides is 1. The van der Waals surface area contributed by atoms with E-state index in [9.17, 15) is 14.4 Å². The number of hydrogen-bond acceptors (Lipinski definition) is 5. The third kappa shape index (κ3) is 2.03. The van der Waals surface area contributed by atoms with Crippen molar-refractivity contribution in [1.82, 2.24) is 5.32 Å². The first-order valence-electron chi connectivity index (χ1n) is 6.28. The van der Waals surface area contributed by atoms with Crippen molar-refractivity contribution in [2.45, 2.75) is 19.4 Å². The van der Waals surface area contributed by atoms with Gasteiger partial charge in [0.2, 0.25) is 0 Å². The standard InChI is InChI=1S/C14H15NO5/c1-3-19-12(17)14(9(2)8-16)10-6-4-5-7-11(10)20-13(18)15-14/h4-9H,3H2,1-2H3,(H,15,18)/t9-,14+/m0/s1. The van der Waals surface area contributed by atoms with E-state index in [0.29, 0.717) is 11.8 Å². The molecule has 0 radical (unpaired) electrons. The lowest BCUT2D eigenvalue weighted by Crippen LogP contribution is -2.60. The van der Waals surface area contributed by atoms with Gasteiger partial charge in [-0.2, -0.15) is 0 Å². The molecule has 0 saturated heterocycles. The Morgan fingerprint density at radius 1 is 1.50 bits per heavy atom. The van der Waals surface area contributed by atoms with E-state index >= 15 is 0 Å². The molecule has 6 heteroatoms. The second-order valence-electron chi connectivity index (χ2n) is 4.46. The topological polar surface area (TPSA) is 81.7 Å². The molecule has 106 valence electrons. The molecule has 0 fully saturated rings. The van der Waals surface area contributed by atoms with Crippen molar-refractivity contribution in [2.24, 2.45) is 5.92 Å². The monoisotopic (exact) mass is 277 g/mol. The van der Waals surface area contributed by atoms with Crippen molar-refractivity contribution in [3.8, 4) is 5.75 Å². The van der Waals surface area contributed by atoms with Gasteiger partial charge in [-0.3, -0.25) is 0 Å². The highest BCUT2D eigenvalue weighted by atomic mass is 16.6. The average molecular weight is 277 g/mol. The Labute approximate surface area is 116 Å². The summed E-state index contributed by atoms with van der Waals surface area (Å²) in [7, 11) is 0. The van der Waals surface area contributed by atoms with Gasteiger partial charge in [-0.1, -0.05) is 25.1 Å². The maximum Gasteiger partial charge on any atom is 0.413 e. The van der Waals surface area contributed by atoms with Crippen LogP contribution in [0.3, 0.4) is 0 Å². The molecule has 20 heavy (non-hydrogen) atoms. The smallest absolute Gasteiger partial charge is 0.413 e. The van der Waals surface area contributed by atoms with Gasteiger partial charge in [0.1, 0.15) is 12.0 Å². The van der Waals surface area contributed by atoms with E-state index in [1.807, 2.05) is 0 Å². The largest absolute Gasteiger partial charge is 0.464 e. The number of hydrogen-bond donors (Lipinski definition) is 1. The zero-order valence-electron chi connectivity index (χ0n) is 11.2. The first-order valence-corrected chi connectivity index (χ1v) is 6.28. The number of carbonyl (C=O) groups excluding carboxylic acids is 3. The average Bonchev–Trinajstić information content (AvgIpc) is 2.45. The number of benzene rings is 1. The third-order valence-corrected chi connectivity index (χ3v) is 3.30. The Balaban J connectivity index is 2.64. The van der Waals surface area contributed by atoms with Gasteiger partial charge in [-0.05, 0) is 13.0 Å². The summed E-state index contributed by atoms with van der Waals surface area (Å²) in [5.74, 6) is -1.22. The molecular formula is C14H15NO5. The second kappa shape index (κ2) is 5.32. The number of carbonyl (C=O) groups is 3. The zero-order chi connectivity index (χ0) is 14.8. The number of rotatable bonds is 4. The predicted octanol–water partition coefficient (Wildman–Crippen LogP) is 1.38. The van der Waals surface area contributed by atoms with Crippen LogP contribution in [0.25, 0.3) is 0 Å². The molecule has 0 saturated carbocycles. The van der Waals surface area contributed by atoms with E-state index in [1.165, 1.54) is 0 Å². The van der Waals surface area contributed by atoms with Gasteiger partial charge in [-0.15, -0.1) is 0 Å². The summed E-state index contributed by atoms with van der Waals surface area (Å²) >= 11 is 0. The fourth-order valence-electron chi connectivity index (χ4n) is 2.29. The fraction of sp³-hybridized carbons (Fsp3) is 0.357. The summed E-state index contributed by atoms with van der Waals surface area (Å²) in [6, 6.07) is 6.58. The van der Waals surface area contributed by atoms with Gasteiger partial charge in [0.05, 0.1) is 12.5 Å². The van der Waals surface area contributed by atoms with E-state index in [1.54, 1.807) is 38.1 Å². The van der Waals surface area contributed by atoms with Crippen molar-refractivity contribution in [1.29, 1.82) is 0 Å². The number of aldehydes is 1. The molecule has 2 atom stereocenters. The van der Waals surface area contributed by atoms with Gasteiger partial charge in [-0.25, -0.2) is 9.59 Å². The van der Waals surface area contributed by atoms with Crippen LogP contribution in [0.15, 0.2) is 24.3 Å². The molecule has 0 aromatic heterocycles. The highest BCUT2D eigenvalue weighted by molar-refractivity contribution is 5.93. The summed E-state index contributed by atoms with van der Waals surface area (Å²) < 4.78 is 10.1. The Hall–Kier alpha value is -2.37. The lowest BCUT2D eigenvalue weighted by molar-refractivity contribution is -0.155. The first-order chi connectivity index (χ1) is 9.56. The van der Waals surface area contributed by atoms with Crippen LogP contribution in [-0.2, 0) is 19.9 Å². The minimum atomic E-state index is -1.55. The van der Waals surface area contributed by atoms with E-state index in [-0.39, 0.29) is 12.4 Å². The normalized spacial score (nSPS) is 22.0. The molecule has 1 amide bonds. The maximum atomic E-state index is 12.4. The predicted molar refractivity (Wildman–Crippen MR) is 69.1 cm³/mol. The summed E-state index contributed by atoms with van der Waals surface area (Å²) in [6.45, 7) is 3.35. The van der Waals surface area contributed by atoms with E-state index < -0.39 is 23.5 Å². The Morgan fingerprint density at radius 3 is 2.85 bits per heavy atom. The molecule has 0 aliphatic carbocycles. The van der Waals surface area contributed by atoms with Crippen molar-refractivity contribution >= 4 is 18.3 Å². The fourth-order valence-corrected chi connectivity index (χ4v) is 2.29. The molecule has 6 nitrogen and oxygen atoms in total. The zero-order valence-corrected chi connectivity index (χ0v) is 11.2. The summed E-state index contributed by atoms with van der Waals surface area (Å²) in [4.78, 5) is 35.3. The number of para-hydroxylation sites is 1. The van der Waals surface area contributed by atoms with Gasteiger partial charge in [0.25, 0.3) is 0 Å². The van der Waals surface area contributed by atoms with Crippen LogP contribution < -0.4 is 10.1 Å². The maximum absolute atomic E-state index is 12.4. The van der Waals surface area contributed by atoms with Crippen LogP contribution in [-0.4, -0.2) is 25.0 Å². The minimum absolute atomic E-state index is 0.144. The summed E-state index contributed by atoms with van der Waals surface area (Å²) in [6.07, 6.45) is -0.176. The summed E-state index contributed by atoms with van der Waals surface area (Å²) in [5, 5.41) is 2.45. The van der Waals surface area contributed by atoms with Crippen LogP contribution in [0.2, 0.25) is 0 Å². The molecule has 1 aliphatic rings. The number of ether oxygens (including phenoxy) is 2. The molecule has 1 heterocycles. The van der Waals surface area contributed by atoms with Crippen LogP contribution in [0, 0.1) is 5.92 Å². The van der Waals surface area contributed by atoms with Gasteiger partial charge >= 0.3 is 12.1 Å². The Morgan fingerprint density at radius 2 is 2.20 bits per heavy atom. The lowest BCUT2D eigenvalue weighted by atomic mass is 9.78. The SMILES string of the molecule is CCOC(=O)[C@]1([C@@H](C)C=O)NC(=O)Oc2ccccc21. The van der Waals surface area contributed by atoms with Crippen molar-refractivity contribution in [3.63, 3.8) is 0 Å². The molecular weight excluding hydrogens is 262 g/mol. The highest BCUT2D eigenvalue weighted by Crippen LogP contribution is 2.39. The molecule has 1 aromatic rings. The molecule has 1 aromatic carbocycles. The number of esters is 1. The van der Waals surface area contributed by atoms with Crippen molar-refractivity contribution in [2.75, 3.05) is 6.61 Å². The Kier molecular flexibility index (Phi) is 3.74. The number of fused-ring (bicyclic) bond motifs is 1. The molecule has 0 spiro atoms. The van der Waals surface area contributed by atoms with Crippen molar-refractivity contribution in [3.05, 3.63) is 29.8 Å². The molecule has 2 rings (SSSR count). The van der Waals surface area contributed by atoms with Crippen LogP contribution in [0.4, 0.5) is 4.79 Å². The van der Waals surface area contributed by atoms with E-state index in [4.69, 9.17) is 9.47 Å².